The molecule has 1 atom stereocenters. The molecule has 0 aromatic rings. The molecule has 2 aliphatic heterocycles. The summed E-state index contributed by atoms with van der Waals surface area (Å²) in [6.45, 7) is 1.87. The van der Waals surface area contributed by atoms with Gasteiger partial charge >= 0.3 is 0 Å². The van der Waals surface area contributed by atoms with Gasteiger partial charge in [-0.25, -0.2) is 0 Å². The number of rotatable bonds is 0. The standard InChI is InChI=1S/C8H12O4/c1-7-6-4-2-3-5-8(6,11-9-7)12-10-7/h6H,2-5H2,1H3/t6-,7?,8?/m1/s1. The first-order chi connectivity index (χ1) is 5.75. The zero-order valence-electron chi connectivity index (χ0n) is 7.04. The highest BCUT2D eigenvalue weighted by Crippen LogP contribution is 2.56. The van der Waals surface area contributed by atoms with Gasteiger partial charge in [0.05, 0.1) is 5.92 Å². The maximum Gasteiger partial charge on any atom is 0.242 e. The summed E-state index contributed by atoms with van der Waals surface area (Å²) in [5, 5.41) is 0. The van der Waals surface area contributed by atoms with Crippen molar-refractivity contribution in [1.29, 1.82) is 0 Å². The first-order valence-electron chi connectivity index (χ1n) is 4.49. The second kappa shape index (κ2) is 2.01. The Balaban J connectivity index is 1.99. The third-order valence-electron chi connectivity index (χ3n) is 3.13. The van der Waals surface area contributed by atoms with Crippen molar-refractivity contribution in [2.75, 3.05) is 0 Å². The average molecular weight is 172 g/mol. The maximum atomic E-state index is 5.20. The zero-order chi connectivity index (χ0) is 8.23. The molecule has 4 heteroatoms. The Labute approximate surface area is 70.6 Å². The Morgan fingerprint density at radius 2 is 1.83 bits per heavy atom. The molecule has 3 aliphatic rings. The topological polar surface area (TPSA) is 36.9 Å². The molecule has 0 aromatic carbocycles. The largest absolute Gasteiger partial charge is 0.242 e. The molecular weight excluding hydrogens is 160 g/mol. The fourth-order valence-electron chi connectivity index (χ4n) is 2.43. The van der Waals surface area contributed by atoms with Crippen molar-refractivity contribution in [3.63, 3.8) is 0 Å². The minimum absolute atomic E-state index is 0.249. The summed E-state index contributed by atoms with van der Waals surface area (Å²) in [4.78, 5) is 20.7. The molecule has 0 unspecified atom stereocenters. The SMILES string of the molecule is CC12OOC3(CCCC[C@H]13)OO2. The van der Waals surface area contributed by atoms with Crippen molar-refractivity contribution in [2.24, 2.45) is 5.92 Å². The van der Waals surface area contributed by atoms with Gasteiger partial charge in [0.1, 0.15) is 0 Å². The lowest BCUT2D eigenvalue weighted by Gasteiger charge is -2.28. The van der Waals surface area contributed by atoms with Crippen LogP contribution in [-0.4, -0.2) is 11.6 Å². The molecule has 0 aromatic heterocycles. The van der Waals surface area contributed by atoms with Crippen LogP contribution in [0.5, 0.6) is 0 Å². The summed E-state index contributed by atoms with van der Waals surface area (Å²) in [5.74, 6) is -0.980. The van der Waals surface area contributed by atoms with Crippen LogP contribution in [0.1, 0.15) is 32.6 Å². The third kappa shape index (κ3) is 0.671. The fourth-order valence-corrected chi connectivity index (χ4v) is 2.43. The molecule has 3 rings (SSSR count). The quantitative estimate of drug-likeness (QED) is 0.519. The van der Waals surface area contributed by atoms with Gasteiger partial charge < -0.3 is 0 Å². The van der Waals surface area contributed by atoms with E-state index < -0.39 is 11.6 Å². The normalized spacial score (nSPS) is 57.2. The molecule has 1 aliphatic carbocycles. The molecule has 0 spiro atoms. The van der Waals surface area contributed by atoms with Crippen molar-refractivity contribution < 1.29 is 19.6 Å². The number of hydrogen-bond donors (Lipinski definition) is 0. The van der Waals surface area contributed by atoms with Crippen LogP contribution in [0.25, 0.3) is 0 Å². The van der Waals surface area contributed by atoms with Crippen LogP contribution in [-0.2, 0) is 19.6 Å². The van der Waals surface area contributed by atoms with Crippen molar-refractivity contribution in [1.82, 2.24) is 0 Å². The zero-order valence-corrected chi connectivity index (χ0v) is 7.04. The Hall–Kier alpha value is -0.160. The lowest BCUT2D eigenvalue weighted by molar-refractivity contribution is -0.587. The highest BCUT2D eigenvalue weighted by molar-refractivity contribution is 4.96. The van der Waals surface area contributed by atoms with Gasteiger partial charge in [0.15, 0.2) is 0 Å². The molecule has 12 heavy (non-hydrogen) atoms. The first-order valence-corrected chi connectivity index (χ1v) is 4.49. The van der Waals surface area contributed by atoms with Gasteiger partial charge in [0, 0.05) is 6.42 Å². The van der Waals surface area contributed by atoms with E-state index in [0.717, 1.165) is 19.3 Å². The van der Waals surface area contributed by atoms with E-state index in [2.05, 4.69) is 0 Å². The minimum Gasteiger partial charge on any atom is -0.195 e. The first kappa shape index (κ1) is 7.26. The van der Waals surface area contributed by atoms with Gasteiger partial charge in [-0.05, 0) is 19.8 Å². The lowest BCUT2D eigenvalue weighted by atomic mass is 9.80. The molecule has 4 nitrogen and oxygen atoms in total. The second-order valence-corrected chi connectivity index (χ2v) is 3.96. The summed E-state index contributed by atoms with van der Waals surface area (Å²) in [5.41, 5.74) is 0. The third-order valence-corrected chi connectivity index (χ3v) is 3.13. The van der Waals surface area contributed by atoms with Crippen molar-refractivity contribution in [2.45, 2.75) is 44.2 Å². The van der Waals surface area contributed by atoms with E-state index in [1.165, 1.54) is 6.42 Å². The Morgan fingerprint density at radius 1 is 1.08 bits per heavy atom. The van der Waals surface area contributed by atoms with Crippen LogP contribution < -0.4 is 0 Å². The van der Waals surface area contributed by atoms with Crippen molar-refractivity contribution >= 4 is 0 Å². The molecule has 1 saturated carbocycles. The van der Waals surface area contributed by atoms with Crippen molar-refractivity contribution in [3.05, 3.63) is 0 Å². The maximum absolute atomic E-state index is 5.20. The van der Waals surface area contributed by atoms with Crippen LogP contribution >= 0.6 is 0 Å². The average Bonchev–Trinajstić information content (AvgIpc) is 2.55. The lowest BCUT2D eigenvalue weighted by Crippen LogP contribution is -2.38. The highest BCUT2D eigenvalue weighted by atomic mass is 17.4. The Morgan fingerprint density at radius 3 is 2.50 bits per heavy atom. The second-order valence-electron chi connectivity index (χ2n) is 3.96. The summed E-state index contributed by atoms with van der Waals surface area (Å²) in [7, 11) is 0. The van der Waals surface area contributed by atoms with Crippen LogP contribution in [0.4, 0.5) is 0 Å². The summed E-state index contributed by atoms with van der Waals surface area (Å²) < 4.78 is 0. The van der Waals surface area contributed by atoms with E-state index in [-0.39, 0.29) is 5.92 Å². The molecule has 0 N–H and O–H groups in total. The van der Waals surface area contributed by atoms with Gasteiger partial charge in [-0.2, -0.15) is 19.6 Å². The predicted molar refractivity (Wildman–Crippen MR) is 37.4 cm³/mol. The number of hydrogen-bond acceptors (Lipinski definition) is 4. The molecule has 0 amide bonds. The predicted octanol–water partition coefficient (Wildman–Crippen LogP) is 1.51. The summed E-state index contributed by atoms with van der Waals surface area (Å²) in [6, 6.07) is 0. The Bertz CT molecular complexity index is 202. The van der Waals surface area contributed by atoms with Gasteiger partial charge in [-0.15, -0.1) is 0 Å². The van der Waals surface area contributed by atoms with Gasteiger partial charge in [-0.1, -0.05) is 6.42 Å². The smallest absolute Gasteiger partial charge is 0.195 e. The van der Waals surface area contributed by atoms with E-state index >= 15 is 0 Å². The molecule has 2 saturated heterocycles. The van der Waals surface area contributed by atoms with Crippen molar-refractivity contribution in [3.8, 4) is 0 Å². The van der Waals surface area contributed by atoms with E-state index in [9.17, 15) is 0 Å². The van der Waals surface area contributed by atoms with E-state index in [1.807, 2.05) is 6.92 Å². The molecular formula is C8H12O4. The van der Waals surface area contributed by atoms with Crippen LogP contribution in [0.3, 0.4) is 0 Å². The van der Waals surface area contributed by atoms with Gasteiger partial charge in [-0.3, -0.25) is 0 Å². The molecule has 0 radical (unpaired) electrons. The monoisotopic (exact) mass is 172 g/mol. The van der Waals surface area contributed by atoms with E-state index in [4.69, 9.17) is 19.6 Å². The molecule has 68 valence electrons. The van der Waals surface area contributed by atoms with Gasteiger partial charge in [0.2, 0.25) is 11.6 Å². The highest BCUT2D eigenvalue weighted by Gasteiger charge is 2.68. The molecule has 2 bridgehead atoms. The summed E-state index contributed by atoms with van der Waals surface area (Å²) >= 11 is 0. The molecule has 2 heterocycles. The Kier molecular flexibility index (Phi) is 1.22. The van der Waals surface area contributed by atoms with Gasteiger partial charge in [0.25, 0.3) is 0 Å². The molecule has 3 fully saturated rings. The van der Waals surface area contributed by atoms with Crippen LogP contribution in [0.2, 0.25) is 0 Å². The minimum atomic E-state index is -0.652. The fraction of sp³-hybridized carbons (Fsp3) is 1.00. The van der Waals surface area contributed by atoms with Crippen LogP contribution in [0.15, 0.2) is 0 Å². The summed E-state index contributed by atoms with van der Waals surface area (Å²) in [6.07, 6.45) is 4.28. The van der Waals surface area contributed by atoms with Crippen LogP contribution in [0, 0.1) is 5.92 Å². The van der Waals surface area contributed by atoms with E-state index in [1.54, 1.807) is 0 Å². The van der Waals surface area contributed by atoms with E-state index in [0.29, 0.717) is 0 Å².